The highest BCUT2D eigenvalue weighted by Gasteiger charge is 2.29. The van der Waals surface area contributed by atoms with Crippen molar-refractivity contribution in [2.24, 2.45) is 0 Å². The molecule has 1 aliphatic heterocycles. The Morgan fingerprint density at radius 3 is 2.90 bits per heavy atom. The van der Waals surface area contributed by atoms with Gasteiger partial charge in [0.15, 0.2) is 10.9 Å². The van der Waals surface area contributed by atoms with Crippen LogP contribution in [0.3, 0.4) is 0 Å². The highest BCUT2D eigenvalue weighted by atomic mass is 32.2. The van der Waals surface area contributed by atoms with Crippen LogP contribution >= 0.6 is 11.8 Å². The maximum absolute atomic E-state index is 12.1. The van der Waals surface area contributed by atoms with E-state index in [1.807, 2.05) is 0 Å². The molecule has 1 aliphatic rings. The first-order chi connectivity index (χ1) is 9.86. The van der Waals surface area contributed by atoms with Crippen molar-refractivity contribution in [1.29, 1.82) is 5.41 Å². The van der Waals surface area contributed by atoms with Gasteiger partial charge in [-0.05, 0) is 18.6 Å². The first kappa shape index (κ1) is 15.4. The Labute approximate surface area is 124 Å². The fourth-order valence-corrected chi connectivity index (χ4v) is 2.71. The molecule has 2 unspecified atom stereocenters. The lowest BCUT2D eigenvalue weighted by Gasteiger charge is -2.21. The van der Waals surface area contributed by atoms with Crippen molar-refractivity contribution in [3.8, 4) is 0 Å². The Hall–Kier alpha value is -1.94. The van der Waals surface area contributed by atoms with Gasteiger partial charge >= 0.3 is 0 Å². The SMILES string of the molecule is Cc1cc([NH+]([O-])O)ccc1NC(=O)C1CC(=O)NC(=N)S1. The molecule has 21 heavy (non-hydrogen) atoms. The highest BCUT2D eigenvalue weighted by molar-refractivity contribution is 8.15. The number of amidine groups is 1. The van der Waals surface area contributed by atoms with E-state index in [0.717, 1.165) is 11.8 Å². The van der Waals surface area contributed by atoms with Crippen molar-refractivity contribution in [1.82, 2.24) is 5.32 Å². The van der Waals surface area contributed by atoms with Crippen molar-refractivity contribution in [3.63, 3.8) is 0 Å². The van der Waals surface area contributed by atoms with Crippen molar-refractivity contribution in [3.05, 3.63) is 29.0 Å². The topological polar surface area (TPSA) is 130 Å². The molecule has 0 bridgehead atoms. The Bertz CT molecular complexity index is 589. The predicted octanol–water partition coefficient (Wildman–Crippen LogP) is -0.107. The number of thioether (sulfide) groups is 1. The van der Waals surface area contributed by atoms with Gasteiger partial charge in [-0.1, -0.05) is 11.8 Å². The molecule has 1 fully saturated rings. The summed E-state index contributed by atoms with van der Waals surface area (Å²) in [7, 11) is 0. The van der Waals surface area contributed by atoms with Crippen LogP contribution in [0.25, 0.3) is 0 Å². The molecule has 8 nitrogen and oxygen atoms in total. The summed E-state index contributed by atoms with van der Waals surface area (Å²) in [6, 6.07) is 4.37. The standard InChI is InChI=1S/C12H14N4O4S/c1-6-4-7(16(19)20)2-3-8(6)14-11(18)9-5-10(17)15-12(13)21-9/h2-4,9,16,19H,5H2,1H3,(H,14,18)(H2,13,15,17). The molecule has 1 aromatic rings. The number of benzene rings is 1. The van der Waals surface area contributed by atoms with Crippen LogP contribution in [0, 0.1) is 17.5 Å². The van der Waals surface area contributed by atoms with Crippen molar-refractivity contribution < 1.29 is 20.0 Å². The Morgan fingerprint density at radius 1 is 1.62 bits per heavy atom. The summed E-state index contributed by atoms with van der Waals surface area (Å²) >= 11 is 0.977. The van der Waals surface area contributed by atoms with Crippen LogP contribution in [0.1, 0.15) is 12.0 Å². The number of hydrogen-bond acceptors (Lipinski definition) is 6. The molecule has 0 aliphatic carbocycles. The van der Waals surface area contributed by atoms with Crippen molar-refractivity contribution >= 4 is 40.1 Å². The molecule has 0 radical (unpaired) electrons. The zero-order valence-electron chi connectivity index (χ0n) is 11.1. The van der Waals surface area contributed by atoms with Crippen LogP contribution < -0.4 is 15.9 Å². The van der Waals surface area contributed by atoms with Gasteiger partial charge in [0.25, 0.3) is 0 Å². The Morgan fingerprint density at radius 2 is 2.33 bits per heavy atom. The third-order valence-electron chi connectivity index (χ3n) is 2.91. The Kier molecular flexibility index (Phi) is 4.58. The molecule has 2 rings (SSSR count). The number of nitrogens with one attached hydrogen (secondary N) is 4. The lowest BCUT2D eigenvalue weighted by atomic mass is 10.1. The van der Waals surface area contributed by atoms with Crippen LogP contribution in [0.4, 0.5) is 11.4 Å². The number of rotatable bonds is 3. The lowest BCUT2D eigenvalue weighted by molar-refractivity contribution is -0.991. The summed E-state index contributed by atoms with van der Waals surface area (Å²) in [5.41, 5.74) is 1.24. The molecule has 0 aromatic heterocycles. The molecule has 0 spiro atoms. The summed E-state index contributed by atoms with van der Waals surface area (Å²) in [4.78, 5) is 23.4. The van der Waals surface area contributed by atoms with Crippen molar-refractivity contribution in [2.45, 2.75) is 18.6 Å². The quantitative estimate of drug-likeness (QED) is 0.497. The average molecular weight is 310 g/mol. The van der Waals surface area contributed by atoms with Gasteiger partial charge in [0.05, 0.1) is 0 Å². The normalized spacial score (nSPS) is 19.9. The van der Waals surface area contributed by atoms with Crippen LogP contribution in [-0.4, -0.2) is 27.4 Å². The number of aryl methyl sites for hydroxylation is 1. The van der Waals surface area contributed by atoms with Gasteiger partial charge in [-0.2, -0.15) is 5.23 Å². The summed E-state index contributed by atoms with van der Waals surface area (Å²) < 4.78 is 0. The number of quaternary nitrogens is 1. The maximum atomic E-state index is 12.1. The summed E-state index contributed by atoms with van der Waals surface area (Å²) in [5.74, 6) is -0.748. The molecule has 2 amide bonds. The van der Waals surface area contributed by atoms with Gasteiger partial charge < -0.3 is 15.8 Å². The monoisotopic (exact) mass is 310 g/mol. The molecule has 1 heterocycles. The average Bonchev–Trinajstić information content (AvgIpc) is 2.39. The van der Waals surface area contributed by atoms with E-state index >= 15 is 0 Å². The molecule has 1 aromatic carbocycles. The van der Waals surface area contributed by atoms with Crippen LogP contribution in [0.15, 0.2) is 18.2 Å². The third-order valence-corrected chi connectivity index (χ3v) is 3.91. The number of carbonyl (C=O) groups is 2. The molecule has 2 atom stereocenters. The van der Waals surface area contributed by atoms with Crippen LogP contribution in [-0.2, 0) is 9.59 Å². The van der Waals surface area contributed by atoms with Gasteiger partial charge in [0.1, 0.15) is 5.25 Å². The van der Waals surface area contributed by atoms with E-state index in [1.54, 1.807) is 6.92 Å². The zero-order chi connectivity index (χ0) is 15.6. The second-order valence-corrected chi connectivity index (χ2v) is 5.73. The summed E-state index contributed by atoms with van der Waals surface area (Å²) in [6.45, 7) is 1.69. The molecule has 5 N–H and O–H groups in total. The lowest BCUT2D eigenvalue weighted by Crippen LogP contribution is -2.99. The molecule has 1 saturated heterocycles. The largest absolute Gasteiger partial charge is 0.595 e. The molecule has 112 valence electrons. The molecule has 9 heteroatoms. The minimum absolute atomic E-state index is 0.00510. The number of hydrogen-bond donors (Lipinski definition) is 5. The maximum Gasteiger partial charge on any atom is 0.238 e. The van der Waals surface area contributed by atoms with E-state index in [-0.39, 0.29) is 29.1 Å². The van der Waals surface area contributed by atoms with E-state index in [0.29, 0.717) is 11.3 Å². The van der Waals surface area contributed by atoms with Gasteiger partial charge in [-0.3, -0.25) is 15.0 Å². The van der Waals surface area contributed by atoms with E-state index in [1.165, 1.54) is 18.2 Å². The van der Waals surface area contributed by atoms with Gasteiger partial charge in [-0.15, -0.1) is 0 Å². The van der Waals surface area contributed by atoms with Gasteiger partial charge in [0.2, 0.25) is 11.8 Å². The number of carbonyl (C=O) groups excluding carboxylic acids is 2. The van der Waals surface area contributed by atoms with Crippen LogP contribution in [0.2, 0.25) is 0 Å². The Balaban J connectivity index is 2.09. The van der Waals surface area contributed by atoms with Gasteiger partial charge in [0, 0.05) is 24.2 Å². The minimum atomic E-state index is -1.04. The molecular weight excluding hydrogens is 296 g/mol. The molecule has 0 saturated carbocycles. The second-order valence-electron chi connectivity index (χ2n) is 4.51. The van der Waals surface area contributed by atoms with E-state index in [4.69, 9.17) is 10.6 Å². The van der Waals surface area contributed by atoms with E-state index in [2.05, 4.69) is 10.6 Å². The second kappa shape index (κ2) is 6.22. The van der Waals surface area contributed by atoms with Crippen LogP contribution in [0.5, 0.6) is 0 Å². The summed E-state index contributed by atoms with van der Waals surface area (Å²) in [5, 5.41) is 30.4. The predicted molar refractivity (Wildman–Crippen MR) is 77.5 cm³/mol. The minimum Gasteiger partial charge on any atom is -0.595 e. The van der Waals surface area contributed by atoms with Gasteiger partial charge in [-0.25, -0.2) is 5.21 Å². The first-order valence-electron chi connectivity index (χ1n) is 6.06. The number of amides is 2. The van der Waals surface area contributed by atoms with E-state index < -0.39 is 10.5 Å². The van der Waals surface area contributed by atoms with E-state index in [9.17, 15) is 14.8 Å². The smallest absolute Gasteiger partial charge is 0.238 e. The zero-order valence-corrected chi connectivity index (χ0v) is 11.9. The van der Waals surface area contributed by atoms with Crippen molar-refractivity contribution in [2.75, 3.05) is 5.32 Å². The third kappa shape index (κ3) is 3.79. The number of anilines is 1. The highest BCUT2D eigenvalue weighted by Crippen LogP contribution is 2.23. The fraction of sp³-hybridized carbons (Fsp3) is 0.250. The first-order valence-corrected chi connectivity index (χ1v) is 6.94. The summed E-state index contributed by atoms with van der Waals surface area (Å²) in [6.07, 6.45) is 0.00510. The fourth-order valence-electron chi connectivity index (χ4n) is 1.86. The molecular formula is C12H14N4O4S.